The van der Waals surface area contributed by atoms with Crippen LogP contribution in [0.2, 0.25) is 0 Å². The first-order chi connectivity index (χ1) is 14.8. The van der Waals surface area contributed by atoms with E-state index >= 15 is 0 Å². The zero-order valence-electron chi connectivity index (χ0n) is 20.5. The fourth-order valence-electron chi connectivity index (χ4n) is 4.53. The lowest BCUT2D eigenvalue weighted by atomic mass is 9.64. The van der Waals surface area contributed by atoms with Crippen molar-refractivity contribution in [3.8, 4) is 0 Å². The summed E-state index contributed by atoms with van der Waals surface area (Å²) in [4.78, 5) is 11.4. The highest BCUT2D eigenvalue weighted by Crippen LogP contribution is 2.42. The number of piperidine rings is 1. The van der Waals surface area contributed by atoms with E-state index in [1.54, 1.807) is 0 Å². The van der Waals surface area contributed by atoms with Crippen molar-refractivity contribution in [1.82, 2.24) is 20.5 Å². The van der Waals surface area contributed by atoms with Crippen molar-refractivity contribution in [2.45, 2.75) is 85.4 Å². The number of aliphatic imine (C=N–C) groups is 1. The summed E-state index contributed by atoms with van der Waals surface area (Å²) in [7, 11) is 1.86. The Balaban J connectivity index is 1.36. The molecule has 2 aliphatic rings. The molecule has 3 rings (SSSR count). The van der Waals surface area contributed by atoms with E-state index in [-0.39, 0.29) is 5.41 Å². The van der Waals surface area contributed by atoms with Gasteiger partial charge in [-0.2, -0.15) is 0 Å². The van der Waals surface area contributed by atoms with Crippen LogP contribution >= 0.6 is 0 Å². The number of guanidine groups is 1. The van der Waals surface area contributed by atoms with Crippen LogP contribution in [0.3, 0.4) is 0 Å². The molecule has 1 aromatic rings. The van der Waals surface area contributed by atoms with E-state index in [2.05, 4.69) is 46.3 Å². The van der Waals surface area contributed by atoms with E-state index in [0.717, 1.165) is 68.9 Å². The van der Waals surface area contributed by atoms with Gasteiger partial charge in [0.1, 0.15) is 5.76 Å². The van der Waals surface area contributed by atoms with Crippen LogP contribution in [0.25, 0.3) is 0 Å². The van der Waals surface area contributed by atoms with Crippen molar-refractivity contribution >= 4 is 5.96 Å². The van der Waals surface area contributed by atoms with Crippen LogP contribution in [0.1, 0.15) is 70.2 Å². The molecule has 0 radical (unpaired) electrons. The molecule has 0 aromatic carbocycles. The molecule has 176 valence electrons. The number of hydrogen-bond acceptors (Lipinski definition) is 5. The quantitative estimate of drug-likeness (QED) is 0.352. The van der Waals surface area contributed by atoms with E-state index in [9.17, 15) is 0 Å². The Bertz CT molecular complexity index is 702. The van der Waals surface area contributed by atoms with Gasteiger partial charge in [-0.1, -0.05) is 27.2 Å². The summed E-state index contributed by atoms with van der Waals surface area (Å²) >= 11 is 0. The molecular formula is C24H43N5O2. The second kappa shape index (κ2) is 10.8. The van der Waals surface area contributed by atoms with Crippen molar-refractivity contribution in [3.05, 3.63) is 17.3 Å². The molecule has 7 nitrogen and oxygen atoms in total. The van der Waals surface area contributed by atoms with Gasteiger partial charge in [-0.05, 0) is 58.5 Å². The highest BCUT2D eigenvalue weighted by atomic mass is 16.5. The molecule has 1 aliphatic heterocycles. The molecule has 2 fully saturated rings. The maximum absolute atomic E-state index is 6.08. The Kier molecular flexibility index (Phi) is 8.39. The number of nitrogens with zero attached hydrogens (tertiary/aromatic N) is 3. The van der Waals surface area contributed by atoms with Crippen molar-refractivity contribution < 1.29 is 9.15 Å². The average molecular weight is 434 g/mol. The Labute approximate surface area is 188 Å². The lowest BCUT2D eigenvalue weighted by molar-refractivity contribution is -0.113. The Morgan fingerprint density at radius 1 is 1.29 bits per heavy atom. The standard InChI is InChI=1S/C24H43N5O2/c1-7-8-13-30-21-14-20(24(21,4)5)28-23(25-6)26-15-19-9-11-29(12-10-19)16-22-27-17(2)18(3)31-22/h19-21H,7-16H2,1-6H3,(H2,25,26,28). The van der Waals surface area contributed by atoms with Gasteiger partial charge in [0.25, 0.3) is 0 Å². The number of rotatable bonds is 9. The van der Waals surface area contributed by atoms with Gasteiger partial charge < -0.3 is 19.8 Å². The minimum atomic E-state index is 0.132. The largest absolute Gasteiger partial charge is 0.444 e. The van der Waals surface area contributed by atoms with Crippen LogP contribution < -0.4 is 10.6 Å². The van der Waals surface area contributed by atoms with Gasteiger partial charge in [0.05, 0.1) is 18.3 Å². The minimum absolute atomic E-state index is 0.132. The zero-order chi connectivity index (χ0) is 22.4. The summed E-state index contributed by atoms with van der Waals surface area (Å²) in [5, 5.41) is 7.20. The lowest BCUT2D eigenvalue weighted by Crippen LogP contribution is -2.63. The average Bonchev–Trinajstić information content (AvgIpc) is 3.06. The first kappa shape index (κ1) is 24.1. The van der Waals surface area contributed by atoms with E-state index in [4.69, 9.17) is 9.15 Å². The van der Waals surface area contributed by atoms with E-state index in [0.29, 0.717) is 18.1 Å². The van der Waals surface area contributed by atoms with Gasteiger partial charge in [0, 0.05) is 31.7 Å². The van der Waals surface area contributed by atoms with Crippen molar-refractivity contribution in [2.75, 3.05) is 33.3 Å². The fraction of sp³-hybridized carbons (Fsp3) is 0.833. The van der Waals surface area contributed by atoms with E-state index in [1.165, 1.54) is 19.3 Å². The molecule has 1 aromatic heterocycles. The van der Waals surface area contributed by atoms with Crippen LogP contribution in [0.5, 0.6) is 0 Å². The number of oxazole rings is 1. The van der Waals surface area contributed by atoms with Gasteiger partial charge in [-0.25, -0.2) is 4.98 Å². The summed E-state index contributed by atoms with van der Waals surface area (Å²) in [6, 6.07) is 0.403. The number of aryl methyl sites for hydroxylation is 2. The summed E-state index contributed by atoms with van der Waals surface area (Å²) in [6.45, 7) is 15.6. The summed E-state index contributed by atoms with van der Waals surface area (Å²) < 4.78 is 11.8. The van der Waals surface area contributed by atoms with Gasteiger partial charge in [0.2, 0.25) is 5.89 Å². The molecule has 2 heterocycles. The molecule has 2 N–H and O–H groups in total. The van der Waals surface area contributed by atoms with Gasteiger partial charge in [-0.15, -0.1) is 0 Å². The Morgan fingerprint density at radius 2 is 2.03 bits per heavy atom. The van der Waals surface area contributed by atoms with E-state index < -0.39 is 0 Å². The number of nitrogens with one attached hydrogen (secondary N) is 2. The molecule has 2 unspecified atom stereocenters. The molecule has 31 heavy (non-hydrogen) atoms. The SMILES string of the molecule is CCCCOC1CC(NC(=NC)NCC2CCN(Cc3nc(C)c(C)o3)CC2)C1(C)C. The summed E-state index contributed by atoms with van der Waals surface area (Å²) in [5.74, 6) is 3.36. The maximum atomic E-state index is 6.08. The Morgan fingerprint density at radius 3 is 2.61 bits per heavy atom. The second-order valence-corrected chi connectivity index (χ2v) is 9.89. The zero-order valence-corrected chi connectivity index (χ0v) is 20.5. The number of hydrogen-bond donors (Lipinski definition) is 2. The molecule has 0 spiro atoms. The third-order valence-corrected chi connectivity index (χ3v) is 7.23. The topological polar surface area (TPSA) is 74.9 Å². The van der Waals surface area contributed by atoms with Crippen LogP contribution in [-0.2, 0) is 11.3 Å². The molecule has 1 aliphatic carbocycles. The number of unbranched alkanes of at least 4 members (excludes halogenated alkanes) is 1. The third kappa shape index (κ3) is 6.22. The molecular weight excluding hydrogens is 390 g/mol. The van der Waals surface area contributed by atoms with Crippen LogP contribution in [0.4, 0.5) is 0 Å². The smallest absolute Gasteiger partial charge is 0.208 e. The third-order valence-electron chi connectivity index (χ3n) is 7.23. The highest BCUT2D eigenvalue weighted by molar-refractivity contribution is 5.80. The molecule has 1 saturated heterocycles. The van der Waals surface area contributed by atoms with Gasteiger partial charge in [0.15, 0.2) is 5.96 Å². The first-order valence-corrected chi connectivity index (χ1v) is 12.1. The van der Waals surface area contributed by atoms with Crippen LogP contribution in [-0.4, -0.2) is 61.3 Å². The summed E-state index contributed by atoms with van der Waals surface area (Å²) in [5.41, 5.74) is 1.13. The van der Waals surface area contributed by atoms with E-state index in [1.807, 2.05) is 20.9 Å². The van der Waals surface area contributed by atoms with Gasteiger partial charge >= 0.3 is 0 Å². The van der Waals surface area contributed by atoms with Crippen molar-refractivity contribution in [2.24, 2.45) is 16.3 Å². The Hall–Kier alpha value is -1.60. The monoisotopic (exact) mass is 433 g/mol. The predicted octanol–water partition coefficient (Wildman–Crippen LogP) is 3.65. The molecule has 2 atom stereocenters. The normalized spacial score (nSPS) is 24.8. The van der Waals surface area contributed by atoms with Crippen molar-refractivity contribution in [3.63, 3.8) is 0 Å². The van der Waals surface area contributed by atoms with Crippen LogP contribution in [0, 0.1) is 25.2 Å². The number of aromatic nitrogens is 1. The molecule has 0 amide bonds. The second-order valence-electron chi connectivity index (χ2n) is 9.89. The van der Waals surface area contributed by atoms with Gasteiger partial charge in [-0.3, -0.25) is 9.89 Å². The minimum Gasteiger partial charge on any atom is -0.444 e. The molecule has 7 heteroatoms. The predicted molar refractivity (Wildman–Crippen MR) is 125 cm³/mol. The maximum Gasteiger partial charge on any atom is 0.208 e. The molecule has 0 bridgehead atoms. The van der Waals surface area contributed by atoms with Crippen LogP contribution in [0.15, 0.2) is 9.41 Å². The summed E-state index contributed by atoms with van der Waals surface area (Å²) in [6.07, 6.45) is 6.09. The molecule has 1 saturated carbocycles. The first-order valence-electron chi connectivity index (χ1n) is 12.1. The lowest BCUT2D eigenvalue weighted by Gasteiger charge is -2.52. The fourth-order valence-corrected chi connectivity index (χ4v) is 4.53. The highest BCUT2D eigenvalue weighted by Gasteiger charge is 2.49. The number of likely N-dealkylation sites (tertiary alicyclic amines) is 1. The number of ether oxygens (including phenoxy) is 1. The van der Waals surface area contributed by atoms with Crippen molar-refractivity contribution in [1.29, 1.82) is 0 Å².